The maximum absolute atomic E-state index is 14.0. The van der Waals surface area contributed by atoms with Crippen LogP contribution in [0.4, 0.5) is 4.39 Å². The fourth-order valence-corrected chi connectivity index (χ4v) is 6.28. The second kappa shape index (κ2) is 15.3. The van der Waals surface area contributed by atoms with Crippen molar-refractivity contribution < 1.29 is 23.5 Å². The molecule has 2 aliphatic rings. The highest BCUT2D eigenvalue weighted by Gasteiger charge is 2.43. The Labute approximate surface area is 268 Å². The quantitative estimate of drug-likeness (QED) is 0.421. The Balaban J connectivity index is 1.35. The molecule has 0 aliphatic carbocycles. The molecule has 3 heterocycles. The van der Waals surface area contributed by atoms with Gasteiger partial charge in [-0.1, -0.05) is 19.9 Å². The third-order valence-corrected chi connectivity index (χ3v) is 8.61. The van der Waals surface area contributed by atoms with Gasteiger partial charge >= 0.3 is 0 Å². The van der Waals surface area contributed by atoms with E-state index >= 15 is 0 Å². The van der Waals surface area contributed by atoms with Crippen molar-refractivity contribution in [3.05, 3.63) is 65.7 Å². The van der Waals surface area contributed by atoms with E-state index in [0.717, 1.165) is 37.9 Å². The minimum Gasteiger partial charge on any atom is -0.494 e. The first-order valence-electron chi connectivity index (χ1n) is 16.0. The van der Waals surface area contributed by atoms with E-state index in [1.165, 1.54) is 24.2 Å². The van der Waals surface area contributed by atoms with E-state index in [1.807, 2.05) is 18.7 Å². The number of likely N-dealkylation sites (tertiary alicyclic amines) is 1. The number of benzene rings is 2. The Morgan fingerprint density at radius 3 is 2.54 bits per heavy atom. The van der Waals surface area contributed by atoms with Gasteiger partial charge in [-0.15, -0.1) is 5.10 Å². The number of methoxy groups -OCH3 is 1. The Morgan fingerprint density at radius 1 is 1.04 bits per heavy atom. The van der Waals surface area contributed by atoms with E-state index in [-0.39, 0.29) is 42.0 Å². The number of amides is 3. The number of nitrogens with one attached hydrogen (secondary N) is 1. The molecule has 12 nitrogen and oxygen atoms in total. The third-order valence-electron chi connectivity index (χ3n) is 8.61. The summed E-state index contributed by atoms with van der Waals surface area (Å²) in [6.07, 6.45) is 4.58. The van der Waals surface area contributed by atoms with Gasteiger partial charge < -0.3 is 19.9 Å². The van der Waals surface area contributed by atoms with Crippen molar-refractivity contribution in [3.8, 4) is 11.4 Å². The van der Waals surface area contributed by atoms with Crippen LogP contribution in [0.3, 0.4) is 0 Å². The van der Waals surface area contributed by atoms with Crippen LogP contribution in [0.5, 0.6) is 5.75 Å². The number of fused-ring (bicyclic) bond motifs is 2. The molecule has 3 amide bonds. The van der Waals surface area contributed by atoms with Gasteiger partial charge in [0.15, 0.2) is 11.6 Å². The summed E-state index contributed by atoms with van der Waals surface area (Å²) in [7, 11) is 1.46. The number of tetrazole rings is 1. The number of nitrogens with zero attached hydrogens (tertiary/aromatic N) is 7. The Kier molecular flexibility index (Phi) is 10.9. The van der Waals surface area contributed by atoms with E-state index in [1.54, 1.807) is 41.3 Å². The lowest BCUT2D eigenvalue weighted by Crippen LogP contribution is -2.46. The van der Waals surface area contributed by atoms with Crippen LogP contribution in [-0.4, -0.2) is 105 Å². The van der Waals surface area contributed by atoms with Gasteiger partial charge in [-0.25, -0.2) is 9.07 Å². The van der Waals surface area contributed by atoms with Crippen LogP contribution in [-0.2, 0) is 16.1 Å². The molecule has 0 unspecified atom stereocenters. The molecule has 2 aliphatic heterocycles. The lowest BCUT2D eigenvalue weighted by atomic mass is 10.1. The minimum absolute atomic E-state index is 0.0289. The fraction of sp³-hybridized carbons (Fsp3) is 0.515. The van der Waals surface area contributed by atoms with Gasteiger partial charge in [0.2, 0.25) is 11.8 Å². The molecule has 3 aromatic rings. The molecule has 2 aromatic carbocycles. The first-order chi connectivity index (χ1) is 22.2. The highest BCUT2D eigenvalue weighted by atomic mass is 19.1. The van der Waals surface area contributed by atoms with Crippen molar-refractivity contribution >= 4 is 17.7 Å². The van der Waals surface area contributed by atoms with Crippen LogP contribution >= 0.6 is 0 Å². The molecule has 1 aromatic heterocycles. The van der Waals surface area contributed by atoms with Crippen LogP contribution in [0.1, 0.15) is 61.9 Å². The molecular formula is C33H43FN8O4. The molecule has 46 heavy (non-hydrogen) atoms. The summed E-state index contributed by atoms with van der Waals surface area (Å²) in [6, 6.07) is 10.9. The molecule has 2 saturated heterocycles. The van der Waals surface area contributed by atoms with Gasteiger partial charge in [-0.05, 0) is 90.5 Å². The lowest BCUT2D eigenvalue weighted by molar-refractivity contribution is -0.134. The Hall–Kier alpha value is -4.39. The second-order valence-corrected chi connectivity index (χ2v) is 12.4. The van der Waals surface area contributed by atoms with Crippen molar-refractivity contribution in [1.82, 2.24) is 40.2 Å². The van der Waals surface area contributed by atoms with Crippen LogP contribution in [0.15, 0.2) is 48.8 Å². The third kappa shape index (κ3) is 8.06. The summed E-state index contributed by atoms with van der Waals surface area (Å²) < 4.78 is 20.7. The smallest absolute Gasteiger partial charge is 0.254 e. The van der Waals surface area contributed by atoms with Crippen molar-refractivity contribution in [1.29, 1.82) is 0 Å². The molecule has 2 fully saturated rings. The van der Waals surface area contributed by atoms with Crippen molar-refractivity contribution in [2.75, 3.05) is 39.8 Å². The highest BCUT2D eigenvalue weighted by Crippen LogP contribution is 2.27. The number of ether oxygens (including phenoxy) is 1. The average molecular weight is 635 g/mol. The number of rotatable bonds is 7. The van der Waals surface area contributed by atoms with Gasteiger partial charge in [0.1, 0.15) is 12.4 Å². The zero-order valence-corrected chi connectivity index (χ0v) is 26.8. The van der Waals surface area contributed by atoms with Crippen molar-refractivity contribution in [2.24, 2.45) is 5.92 Å². The monoisotopic (exact) mass is 634 g/mol. The highest BCUT2D eigenvalue weighted by molar-refractivity contribution is 5.98. The fourth-order valence-electron chi connectivity index (χ4n) is 6.28. The molecule has 2 bridgehead atoms. The number of carbonyl (C=O) groups excluding carboxylic acids is 3. The second-order valence-electron chi connectivity index (χ2n) is 12.4. The molecule has 246 valence electrons. The van der Waals surface area contributed by atoms with Gasteiger partial charge in [0.25, 0.3) is 5.91 Å². The molecule has 2 atom stereocenters. The summed E-state index contributed by atoms with van der Waals surface area (Å²) >= 11 is 0. The van der Waals surface area contributed by atoms with Crippen molar-refractivity contribution in [2.45, 2.75) is 64.6 Å². The summed E-state index contributed by atoms with van der Waals surface area (Å²) in [4.78, 5) is 46.9. The van der Waals surface area contributed by atoms with Gasteiger partial charge in [-0.3, -0.25) is 19.3 Å². The molecule has 1 N–H and O–H groups in total. The maximum Gasteiger partial charge on any atom is 0.254 e. The average Bonchev–Trinajstić information content (AvgIpc) is 3.74. The predicted molar refractivity (Wildman–Crippen MR) is 169 cm³/mol. The van der Waals surface area contributed by atoms with E-state index in [4.69, 9.17) is 4.74 Å². The van der Waals surface area contributed by atoms with Crippen LogP contribution in [0, 0.1) is 11.7 Å². The molecule has 0 saturated carbocycles. The first-order valence-corrected chi connectivity index (χ1v) is 16.0. The summed E-state index contributed by atoms with van der Waals surface area (Å²) in [5, 5.41) is 14.2. The maximum atomic E-state index is 14.0. The van der Waals surface area contributed by atoms with E-state index in [0.29, 0.717) is 43.7 Å². The summed E-state index contributed by atoms with van der Waals surface area (Å²) in [5.41, 5.74) is 2.10. The van der Waals surface area contributed by atoms with Crippen LogP contribution in [0.25, 0.3) is 5.69 Å². The minimum atomic E-state index is -0.682. The zero-order chi connectivity index (χ0) is 32.6. The molecule has 5 rings (SSSR count). The topological polar surface area (TPSA) is 126 Å². The zero-order valence-electron chi connectivity index (χ0n) is 26.8. The Bertz CT molecular complexity index is 1480. The van der Waals surface area contributed by atoms with Gasteiger partial charge in [0, 0.05) is 44.7 Å². The number of hydrogen-bond acceptors (Lipinski definition) is 8. The normalized spacial score (nSPS) is 20.0. The molecule has 0 spiro atoms. The van der Waals surface area contributed by atoms with Gasteiger partial charge in [-0.2, -0.15) is 0 Å². The van der Waals surface area contributed by atoms with Crippen molar-refractivity contribution in [3.63, 3.8) is 0 Å². The first kappa shape index (κ1) is 33.0. The number of carbonyl (C=O) groups is 3. The lowest BCUT2D eigenvalue weighted by Gasteiger charge is -2.31. The Morgan fingerprint density at radius 2 is 1.83 bits per heavy atom. The standard InChI is InChI=1S/C33H43FN8O4/c1-23(2)17-31(43)40-16-6-15-39(20-24-7-12-28(34)30(18-24)46-3)14-5-4-13-35-32(44)29-19-27(40)21-41(29)33(45)25-8-10-26(11-9-25)42-22-36-37-38-42/h7-12,18,22-23,27,29H,4-6,13-17,19-21H2,1-3H3,(H,35,44)/t27-,29-/m0/s1. The molecule has 0 radical (unpaired) electrons. The number of halogens is 1. The molecular weight excluding hydrogens is 591 g/mol. The number of hydrogen-bond donors (Lipinski definition) is 1. The summed E-state index contributed by atoms with van der Waals surface area (Å²) in [5.74, 6) is -0.446. The predicted octanol–water partition coefficient (Wildman–Crippen LogP) is 3.07. The number of aromatic nitrogens is 4. The van der Waals surface area contributed by atoms with Crippen LogP contribution in [0.2, 0.25) is 0 Å². The van der Waals surface area contributed by atoms with E-state index in [9.17, 15) is 18.8 Å². The van der Waals surface area contributed by atoms with Gasteiger partial charge in [0.05, 0.1) is 18.8 Å². The largest absolute Gasteiger partial charge is 0.494 e. The SMILES string of the molecule is COc1cc(CN2CCCCNC(=O)[C@@H]3C[C@@H](CN3C(=O)c3ccc(-n4cnnn4)cc3)N(C(=O)CC(C)C)CCC2)ccc1F. The molecule has 13 heteroatoms. The summed E-state index contributed by atoms with van der Waals surface area (Å²) in [6.45, 7) is 7.43. The van der Waals surface area contributed by atoms with E-state index < -0.39 is 11.9 Å². The van der Waals surface area contributed by atoms with E-state index in [2.05, 4.69) is 25.7 Å². The van der Waals surface area contributed by atoms with Crippen LogP contribution < -0.4 is 10.1 Å².